The molecule has 1 aliphatic rings. The lowest BCUT2D eigenvalue weighted by Crippen LogP contribution is -2.41. The number of thiocarbonyl (C=S) groups is 1. The van der Waals surface area contributed by atoms with E-state index in [-0.39, 0.29) is 11.2 Å². The Morgan fingerprint density at radius 3 is 2.22 bits per heavy atom. The number of aliphatic imine (C=N–C) groups is 1. The van der Waals surface area contributed by atoms with Crippen molar-refractivity contribution in [1.29, 1.82) is 0 Å². The van der Waals surface area contributed by atoms with Crippen LogP contribution in [0.3, 0.4) is 0 Å². The van der Waals surface area contributed by atoms with Gasteiger partial charge in [-0.05, 0) is 46.0 Å². The Labute approximate surface area is 113 Å². The first-order valence-corrected chi connectivity index (χ1v) is 6.31. The van der Waals surface area contributed by atoms with E-state index in [1.807, 2.05) is 52.0 Å². The maximum absolute atomic E-state index is 5.99. The molecular formula is C13H16BNO2S. The van der Waals surface area contributed by atoms with Gasteiger partial charge in [0.15, 0.2) is 0 Å². The highest BCUT2D eigenvalue weighted by atomic mass is 32.1. The van der Waals surface area contributed by atoms with Crippen LogP contribution in [0.15, 0.2) is 29.3 Å². The van der Waals surface area contributed by atoms with Gasteiger partial charge < -0.3 is 9.31 Å². The van der Waals surface area contributed by atoms with E-state index in [1.54, 1.807) is 0 Å². The molecule has 3 nitrogen and oxygen atoms in total. The number of hydrogen-bond acceptors (Lipinski definition) is 4. The predicted octanol–water partition coefficient (Wildman–Crippen LogP) is 2.72. The van der Waals surface area contributed by atoms with Crippen molar-refractivity contribution in [2.45, 2.75) is 38.9 Å². The molecule has 94 valence electrons. The molecule has 0 bridgehead atoms. The summed E-state index contributed by atoms with van der Waals surface area (Å²) in [7, 11) is -0.418. The van der Waals surface area contributed by atoms with Gasteiger partial charge in [-0.3, -0.25) is 0 Å². The number of benzene rings is 1. The molecule has 0 amide bonds. The Kier molecular flexibility index (Phi) is 3.43. The standard InChI is InChI=1S/C13H16BNO2S/c1-12(2)13(3,4)17-14(16-12)10-7-5-6-8-11(10)15-9-18/h5-8H,1-4H3. The molecule has 0 unspecified atom stereocenters. The molecule has 1 saturated heterocycles. The molecule has 0 N–H and O–H groups in total. The topological polar surface area (TPSA) is 30.8 Å². The molecule has 0 spiro atoms. The lowest BCUT2D eigenvalue weighted by Gasteiger charge is -2.32. The molecule has 1 aliphatic heterocycles. The first-order chi connectivity index (χ1) is 8.37. The maximum Gasteiger partial charge on any atom is 0.497 e. The van der Waals surface area contributed by atoms with Crippen molar-refractivity contribution in [3.05, 3.63) is 24.3 Å². The summed E-state index contributed by atoms with van der Waals surface area (Å²) in [5, 5.41) is 2.39. The SMILES string of the molecule is CC1(C)OB(c2ccccc2N=C=S)OC1(C)C. The molecule has 1 fully saturated rings. The minimum absolute atomic E-state index is 0.355. The van der Waals surface area contributed by atoms with Gasteiger partial charge in [0.05, 0.1) is 22.1 Å². The fourth-order valence-corrected chi connectivity index (χ4v) is 1.91. The zero-order valence-electron chi connectivity index (χ0n) is 11.1. The Balaban J connectivity index is 2.38. The van der Waals surface area contributed by atoms with Crippen molar-refractivity contribution in [2.24, 2.45) is 4.99 Å². The Hall–Kier alpha value is -0.995. The van der Waals surface area contributed by atoms with Crippen LogP contribution in [0.1, 0.15) is 27.7 Å². The first kappa shape index (κ1) is 13.4. The van der Waals surface area contributed by atoms with E-state index in [2.05, 4.69) is 22.4 Å². The van der Waals surface area contributed by atoms with Crippen molar-refractivity contribution in [2.75, 3.05) is 0 Å². The second kappa shape index (κ2) is 4.59. The van der Waals surface area contributed by atoms with Gasteiger partial charge in [0.2, 0.25) is 0 Å². The number of isothiocyanates is 1. The average molecular weight is 261 g/mol. The summed E-state index contributed by atoms with van der Waals surface area (Å²) in [5.41, 5.74) is 0.915. The molecule has 0 aliphatic carbocycles. The fraction of sp³-hybridized carbons (Fsp3) is 0.462. The number of hydrogen-bond donors (Lipinski definition) is 0. The van der Waals surface area contributed by atoms with Crippen LogP contribution in [0, 0.1) is 0 Å². The normalized spacial score (nSPS) is 20.6. The third-order valence-corrected chi connectivity index (χ3v) is 3.70. The van der Waals surface area contributed by atoms with Crippen LogP contribution in [0.2, 0.25) is 0 Å². The van der Waals surface area contributed by atoms with E-state index in [9.17, 15) is 0 Å². The van der Waals surface area contributed by atoms with Crippen LogP contribution in [0.4, 0.5) is 5.69 Å². The van der Waals surface area contributed by atoms with Crippen molar-refractivity contribution in [1.82, 2.24) is 0 Å². The molecular weight excluding hydrogens is 245 g/mol. The third kappa shape index (κ3) is 2.27. The molecule has 5 heteroatoms. The Morgan fingerprint density at radius 2 is 1.67 bits per heavy atom. The van der Waals surface area contributed by atoms with Gasteiger partial charge in [-0.15, -0.1) is 0 Å². The lowest BCUT2D eigenvalue weighted by atomic mass is 9.78. The predicted molar refractivity (Wildman–Crippen MR) is 76.8 cm³/mol. The summed E-state index contributed by atoms with van der Waals surface area (Å²) in [6.45, 7) is 8.10. The zero-order chi connectivity index (χ0) is 13.4. The molecule has 0 radical (unpaired) electrons. The smallest absolute Gasteiger partial charge is 0.399 e. The summed E-state index contributed by atoms with van der Waals surface area (Å²) in [6, 6.07) is 7.65. The van der Waals surface area contributed by atoms with E-state index in [0.717, 1.165) is 11.2 Å². The van der Waals surface area contributed by atoms with E-state index >= 15 is 0 Å². The summed E-state index contributed by atoms with van der Waals surface area (Å²) in [6.07, 6.45) is 0. The van der Waals surface area contributed by atoms with Crippen LogP contribution in [-0.2, 0) is 9.31 Å². The van der Waals surface area contributed by atoms with Crippen LogP contribution in [-0.4, -0.2) is 23.5 Å². The van der Waals surface area contributed by atoms with Crippen molar-refractivity contribution >= 4 is 35.6 Å². The third-order valence-electron chi connectivity index (χ3n) is 3.61. The molecule has 0 saturated carbocycles. The quantitative estimate of drug-likeness (QED) is 0.466. The van der Waals surface area contributed by atoms with Gasteiger partial charge in [0.25, 0.3) is 0 Å². The molecule has 18 heavy (non-hydrogen) atoms. The van der Waals surface area contributed by atoms with E-state index in [1.165, 1.54) is 0 Å². The van der Waals surface area contributed by atoms with Crippen molar-refractivity contribution in [3.8, 4) is 0 Å². The van der Waals surface area contributed by atoms with Crippen LogP contribution in [0.5, 0.6) is 0 Å². The van der Waals surface area contributed by atoms with Crippen molar-refractivity contribution in [3.63, 3.8) is 0 Å². The minimum Gasteiger partial charge on any atom is -0.399 e. The summed E-state index contributed by atoms with van der Waals surface area (Å²) in [5.74, 6) is 0. The minimum atomic E-state index is -0.418. The number of para-hydroxylation sites is 1. The highest BCUT2D eigenvalue weighted by Crippen LogP contribution is 2.37. The molecule has 0 atom stereocenters. The summed E-state index contributed by atoms with van der Waals surface area (Å²) >= 11 is 4.66. The van der Waals surface area contributed by atoms with Crippen molar-refractivity contribution < 1.29 is 9.31 Å². The first-order valence-electron chi connectivity index (χ1n) is 5.90. The van der Waals surface area contributed by atoms with Crippen LogP contribution >= 0.6 is 12.2 Å². The van der Waals surface area contributed by atoms with E-state index in [0.29, 0.717) is 0 Å². The Morgan fingerprint density at radius 1 is 1.11 bits per heavy atom. The largest absolute Gasteiger partial charge is 0.497 e. The zero-order valence-corrected chi connectivity index (χ0v) is 11.9. The van der Waals surface area contributed by atoms with Crippen LogP contribution in [0.25, 0.3) is 0 Å². The fourth-order valence-electron chi connectivity index (χ4n) is 1.81. The van der Waals surface area contributed by atoms with Gasteiger partial charge in [-0.25, -0.2) is 0 Å². The number of rotatable bonds is 2. The van der Waals surface area contributed by atoms with Gasteiger partial charge in [-0.2, -0.15) is 4.99 Å². The van der Waals surface area contributed by atoms with E-state index in [4.69, 9.17) is 9.31 Å². The van der Waals surface area contributed by atoms with Gasteiger partial charge in [-0.1, -0.05) is 18.2 Å². The van der Waals surface area contributed by atoms with Gasteiger partial charge >= 0.3 is 7.12 Å². The second-order valence-electron chi connectivity index (χ2n) is 5.35. The maximum atomic E-state index is 5.99. The second-order valence-corrected chi connectivity index (χ2v) is 5.53. The van der Waals surface area contributed by atoms with Gasteiger partial charge in [0, 0.05) is 5.46 Å². The average Bonchev–Trinajstić information content (AvgIpc) is 2.49. The highest BCUT2D eigenvalue weighted by Gasteiger charge is 2.52. The molecule has 2 rings (SSSR count). The highest BCUT2D eigenvalue weighted by molar-refractivity contribution is 7.78. The monoisotopic (exact) mass is 261 g/mol. The van der Waals surface area contributed by atoms with Gasteiger partial charge in [0.1, 0.15) is 0 Å². The van der Waals surface area contributed by atoms with Crippen LogP contribution < -0.4 is 5.46 Å². The molecule has 0 aromatic heterocycles. The Bertz CT molecular complexity index is 493. The van der Waals surface area contributed by atoms with E-state index < -0.39 is 7.12 Å². The summed E-state index contributed by atoms with van der Waals surface area (Å²) in [4.78, 5) is 4.05. The molecule has 1 heterocycles. The lowest BCUT2D eigenvalue weighted by molar-refractivity contribution is 0.00578. The molecule has 1 aromatic carbocycles. The number of nitrogens with zero attached hydrogens (tertiary/aromatic N) is 1. The summed E-state index contributed by atoms with van der Waals surface area (Å²) < 4.78 is 12.0. The molecule has 1 aromatic rings.